The lowest BCUT2D eigenvalue weighted by atomic mass is 9.86. The predicted octanol–water partition coefficient (Wildman–Crippen LogP) is 4.95. The Morgan fingerprint density at radius 3 is 2.97 bits per heavy atom. The summed E-state index contributed by atoms with van der Waals surface area (Å²) >= 11 is 3.04. The van der Waals surface area contributed by atoms with E-state index in [0.29, 0.717) is 11.7 Å². The van der Waals surface area contributed by atoms with Crippen LogP contribution >= 0.6 is 22.9 Å². The first-order valence-corrected chi connectivity index (χ1v) is 13.2. The smallest absolute Gasteiger partial charge is 0.226 e. The molecule has 0 spiro atoms. The van der Waals surface area contributed by atoms with E-state index in [9.17, 15) is 4.79 Å². The molecular formula is C24H26N6O2S2. The van der Waals surface area contributed by atoms with Crippen molar-refractivity contribution in [2.75, 3.05) is 19.0 Å². The van der Waals surface area contributed by atoms with Crippen molar-refractivity contribution in [3.8, 4) is 5.75 Å². The van der Waals surface area contributed by atoms with Gasteiger partial charge in [-0.1, -0.05) is 4.49 Å². The summed E-state index contributed by atoms with van der Waals surface area (Å²) in [7, 11) is 1.65. The minimum absolute atomic E-state index is 0.0339. The number of thiophene rings is 1. The van der Waals surface area contributed by atoms with E-state index in [1.165, 1.54) is 22.0 Å². The van der Waals surface area contributed by atoms with Crippen LogP contribution in [0.3, 0.4) is 0 Å². The summed E-state index contributed by atoms with van der Waals surface area (Å²) in [6.45, 7) is 5.25. The normalized spacial score (nSPS) is 19.5. The number of likely N-dealkylation sites (tertiary alicyclic amines) is 1. The van der Waals surface area contributed by atoms with Gasteiger partial charge in [-0.2, -0.15) is 0 Å². The number of methoxy groups -OCH3 is 1. The average molecular weight is 495 g/mol. The van der Waals surface area contributed by atoms with Crippen molar-refractivity contribution in [2.45, 2.75) is 51.5 Å². The molecule has 1 N–H and O–H groups in total. The molecule has 1 aromatic carbocycles. The van der Waals surface area contributed by atoms with Crippen LogP contribution < -0.4 is 10.1 Å². The van der Waals surface area contributed by atoms with Crippen LogP contribution in [-0.4, -0.2) is 49.6 Å². The van der Waals surface area contributed by atoms with E-state index in [2.05, 4.69) is 43.6 Å². The van der Waals surface area contributed by atoms with Gasteiger partial charge in [-0.15, -0.1) is 16.4 Å². The van der Waals surface area contributed by atoms with Crippen LogP contribution in [0.15, 0.2) is 18.5 Å². The molecule has 1 fully saturated rings. The van der Waals surface area contributed by atoms with Crippen LogP contribution in [0.4, 0.5) is 11.5 Å². The van der Waals surface area contributed by atoms with E-state index >= 15 is 0 Å². The van der Waals surface area contributed by atoms with Gasteiger partial charge in [0.2, 0.25) is 5.91 Å². The fourth-order valence-electron chi connectivity index (χ4n) is 5.36. The standard InChI is InChI=1S/C24H26N6O2S2/c1-24(2)7-4-8-30(24)23(31)13-5-6-14-18(9-13)33-22-20(14)21(25-12-26-22)27-15-11-19-16(28-29-34-19)10-17(15)32-3/h10-13H,4-9H2,1-3H3,(H,25,26,27)/t13-/m0/s1. The Morgan fingerprint density at radius 2 is 2.18 bits per heavy atom. The summed E-state index contributed by atoms with van der Waals surface area (Å²) in [5, 5.41) is 8.67. The van der Waals surface area contributed by atoms with Crippen LogP contribution in [-0.2, 0) is 17.6 Å². The molecule has 4 aromatic rings. The van der Waals surface area contributed by atoms with Gasteiger partial charge in [-0.25, -0.2) is 9.97 Å². The number of aromatic nitrogens is 4. The lowest BCUT2D eigenvalue weighted by Crippen LogP contribution is -2.46. The molecule has 1 aliphatic carbocycles. The fourth-order valence-corrected chi connectivity index (χ4v) is 7.20. The highest BCUT2D eigenvalue weighted by Crippen LogP contribution is 2.43. The molecule has 6 rings (SSSR count). The summed E-state index contributed by atoms with van der Waals surface area (Å²) in [5.41, 5.74) is 2.87. The molecule has 0 saturated carbocycles. The number of carbonyl (C=O) groups excluding carboxylic acids is 1. The quantitative estimate of drug-likeness (QED) is 0.429. The molecule has 2 aliphatic rings. The zero-order chi connectivity index (χ0) is 23.4. The maximum atomic E-state index is 13.4. The first kappa shape index (κ1) is 21.7. The monoisotopic (exact) mass is 494 g/mol. The third kappa shape index (κ3) is 3.51. The second-order valence-corrected chi connectivity index (χ2v) is 11.5. The first-order chi connectivity index (χ1) is 16.4. The minimum Gasteiger partial charge on any atom is -0.494 e. The van der Waals surface area contributed by atoms with Gasteiger partial charge in [0.1, 0.15) is 28.2 Å². The highest BCUT2D eigenvalue weighted by molar-refractivity contribution is 7.19. The van der Waals surface area contributed by atoms with Gasteiger partial charge in [0.15, 0.2) is 0 Å². The molecule has 34 heavy (non-hydrogen) atoms. The number of amides is 1. The Kier molecular flexibility index (Phi) is 5.18. The Balaban J connectivity index is 1.33. The van der Waals surface area contributed by atoms with Crippen molar-refractivity contribution in [1.82, 2.24) is 24.5 Å². The van der Waals surface area contributed by atoms with Crippen LogP contribution in [0.1, 0.15) is 43.6 Å². The number of fused-ring (bicyclic) bond motifs is 4. The number of benzene rings is 1. The van der Waals surface area contributed by atoms with E-state index in [-0.39, 0.29) is 11.5 Å². The first-order valence-electron chi connectivity index (χ1n) is 11.6. The molecule has 1 aliphatic heterocycles. The number of rotatable bonds is 4. The number of nitrogens with zero attached hydrogens (tertiary/aromatic N) is 5. The molecule has 0 unspecified atom stereocenters. The second-order valence-electron chi connectivity index (χ2n) is 9.67. The summed E-state index contributed by atoms with van der Waals surface area (Å²) in [5.74, 6) is 1.81. The maximum absolute atomic E-state index is 13.4. The molecule has 1 saturated heterocycles. The molecule has 0 bridgehead atoms. The van der Waals surface area contributed by atoms with Crippen LogP contribution in [0.2, 0.25) is 0 Å². The minimum atomic E-state index is -0.0339. The number of nitrogens with one attached hydrogen (secondary N) is 1. The van der Waals surface area contributed by atoms with E-state index in [1.54, 1.807) is 24.8 Å². The lowest BCUT2D eigenvalue weighted by molar-refractivity contribution is -0.139. The molecule has 8 nitrogen and oxygen atoms in total. The van der Waals surface area contributed by atoms with Gasteiger partial charge in [0, 0.05) is 28.9 Å². The molecule has 3 aromatic heterocycles. The van der Waals surface area contributed by atoms with Gasteiger partial charge in [-0.3, -0.25) is 4.79 Å². The van der Waals surface area contributed by atoms with E-state index in [4.69, 9.17) is 4.74 Å². The second kappa shape index (κ2) is 8.13. The maximum Gasteiger partial charge on any atom is 0.226 e. The molecule has 10 heteroatoms. The summed E-state index contributed by atoms with van der Waals surface area (Å²) < 4.78 is 10.6. The topological polar surface area (TPSA) is 93.1 Å². The van der Waals surface area contributed by atoms with Gasteiger partial charge in [0.05, 0.1) is 22.9 Å². The van der Waals surface area contributed by atoms with Gasteiger partial charge < -0.3 is 15.0 Å². The van der Waals surface area contributed by atoms with Crippen molar-refractivity contribution in [3.05, 3.63) is 28.9 Å². The predicted molar refractivity (Wildman–Crippen MR) is 135 cm³/mol. The molecule has 1 atom stereocenters. The highest BCUT2D eigenvalue weighted by Gasteiger charge is 2.39. The third-order valence-corrected chi connectivity index (χ3v) is 9.03. The molecular weight excluding hydrogens is 468 g/mol. The Bertz CT molecular complexity index is 1410. The Labute approximate surface area is 205 Å². The molecule has 1 amide bonds. The zero-order valence-electron chi connectivity index (χ0n) is 19.4. The van der Waals surface area contributed by atoms with Gasteiger partial charge in [0.25, 0.3) is 0 Å². The summed E-state index contributed by atoms with van der Waals surface area (Å²) in [6.07, 6.45) is 6.27. The van der Waals surface area contributed by atoms with Crippen LogP contribution in [0.5, 0.6) is 5.75 Å². The number of anilines is 2. The molecule has 176 valence electrons. The van der Waals surface area contributed by atoms with Gasteiger partial charge >= 0.3 is 0 Å². The summed E-state index contributed by atoms with van der Waals surface area (Å²) in [6, 6.07) is 3.89. The number of carbonyl (C=O) groups is 1. The van der Waals surface area contributed by atoms with Crippen molar-refractivity contribution in [3.63, 3.8) is 0 Å². The molecule has 4 heterocycles. The highest BCUT2D eigenvalue weighted by atomic mass is 32.1. The van der Waals surface area contributed by atoms with Crippen molar-refractivity contribution in [1.29, 1.82) is 0 Å². The van der Waals surface area contributed by atoms with Crippen LogP contribution in [0.25, 0.3) is 20.4 Å². The SMILES string of the molecule is COc1cc2nnsc2cc1Nc1ncnc2sc3c(c12)CC[C@H](C(=O)N1CCCC1(C)C)C3. The Morgan fingerprint density at radius 1 is 1.29 bits per heavy atom. The number of hydrogen-bond donors (Lipinski definition) is 1. The fraction of sp³-hybridized carbons (Fsp3) is 0.458. The Hall–Kier alpha value is -2.85. The van der Waals surface area contributed by atoms with E-state index in [0.717, 1.165) is 70.6 Å². The van der Waals surface area contributed by atoms with Gasteiger partial charge in [-0.05, 0) is 69.1 Å². The van der Waals surface area contributed by atoms with Crippen molar-refractivity contribution >= 4 is 60.7 Å². The number of aryl methyl sites for hydroxylation is 1. The number of ether oxygens (including phenoxy) is 1. The lowest BCUT2D eigenvalue weighted by Gasteiger charge is -2.35. The van der Waals surface area contributed by atoms with E-state index in [1.807, 2.05) is 12.1 Å². The summed E-state index contributed by atoms with van der Waals surface area (Å²) in [4.78, 5) is 26.8. The third-order valence-electron chi connectivity index (χ3n) is 7.18. The van der Waals surface area contributed by atoms with Crippen molar-refractivity contribution < 1.29 is 9.53 Å². The number of hydrogen-bond acceptors (Lipinski definition) is 9. The molecule has 0 radical (unpaired) electrons. The zero-order valence-corrected chi connectivity index (χ0v) is 21.1. The average Bonchev–Trinajstić information content (AvgIpc) is 3.53. The largest absolute Gasteiger partial charge is 0.494 e. The van der Waals surface area contributed by atoms with Crippen molar-refractivity contribution in [2.24, 2.45) is 5.92 Å². The van der Waals surface area contributed by atoms with Crippen LogP contribution in [0, 0.1) is 5.92 Å². The van der Waals surface area contributed by atoms with E-state index < -0.39 is 0 Å².